The Kier molecular flexibility index (Phi) is 4.89. The molecule has 0 aromatic heterocycles. The Morgan fingerprint density at radius 2 is 1.73 bits per heavy atom. The average Bonchev–Trinajstić information content (AvgIpc) is 2.81. The van der Waals surface area contributed by atoms with E-state index in [0.717, 1.165) is 25.2 Å². The van der Waals surface area contributed by atoms with Crippen LogP contribution in [0.4, 0.5) is 24.5 Å². The molecule has 184 valence electrons. The van der Waals surface area contributed by atoms with Crippen LogP contribution in [0.25, 0.3) is 0 Å². The second-order valence-corrected chi connectivity index (χ2v) is 8.56. The lowest BCUT2D eigenvalue weighted by Crippen LogP contribution is -2.50. The molecular formula is C23H32F3N3O4. The number of likely N-dealkylation sites (N-methyl/N-ethyl adjacent to an activating group) is 1. The molecule has 0 atom stereocenters. The summed E-state index contributed by atoms with van der Waals surface area (Å²) >= 11 is 0. The highest BCUT2D eigenvalue weighted by atomic mass is 19.4. The number of alkyl halides is 3. The molecule has 0 saturated carbocycles. The number of amides is 1. The first kappa shape index (κ1) is 16.3. The zero-order valence-corrected chi connectivity index (χ0v) is 18.7. The molecule has 2 heterocycles. The monoisotopic (exact) mass is 479 g/mol. The lowest BCUT2D eigenvalue weighted by atomic mass is 10.0. The number of piperazine rings is 1. The summed E-state index contributed by atoms with van der Waals surface area (Å²) in [5, 5.41) is 0. The number of rotatable bonds is 4. The van der Waals surface area contributed by atoms with Crippen molar-refractivity contribution in [3.63, 3.8) is 0 Å². The van der Waals surface area contributed by atoms with Crippen LogP contribution in [0, 0.1) is 0 Å². The van der Waals surface area contributed by atoms with E-state index in [2.05, 4.69) is 0 Å². The maximum Gasteiger partial charge on any atom is 0.471 e. The molecule has 2 aliphatic heterocycles. The van der Waals surface area contributed by atoms with Crippen molar-refractivity contribution >= 4 is 23.3 Å². The Bertz CT molecular complexity index is 1160. The molecule has 2 saturated heterocycles. The van der Waals surface area contributed by atoms with Gasteiger partial charge >= 0.3 is 18.1 Å². The Balaban J connectivity index is 2.36. The highest BCUT2D eigenvalue weighted by molar-refractivity contribution is 6.05. The summed E-state index contributed by atoms with van der Waals surface area (Å²) < 4.78 is 119. The topological polar surface area (TPSA) is 62.3 Å². The third-order valence-electron chi connectivity index (χ3n) is 4.79. The van der Waals surface area contributed by atoms with Crippen molar-refractivity contribution in [3.05, 3.63) is 23.8 Å². The summed E-state index contributed by atoms with van der Waals surface area (Å²) in [5.74, 6) is -3.47. The molecule has 0 aliphatic carbocycles. The van der Waals surface area contributed by atoms with Crippen molar-refractivity contribution in [1.29, 1.82) is 0 Å². The van der Waals surface area contributed by atoms with Crippen LogP contribution in [0.3, 0.4) is 0 Å². The predicted octanol–water partition coefficient (Wildman–Crippen LogP) is 3.47. The second-order valence-electron chi connectivity index (χ2n) is 8.56. The van der Waals surface area contributed by atoms with E-state index in [1.807, 2.05) is 0 Å². The summed E-state index contributed by atoms with van der Waals surface area (Å²) in [6.45, 7) is -8.41. The Labute approximate surface area is 203 Å². The van der Waals surface area contributed by atoms with E-state index in [-0.39, 0.29) is 35.9 Å². The SMILES string of the molecule is [2H]C1([2H])N(C)C([2H])([2H])C([2H])([2H])N(c2ccc(C(=O)OC(C)(C)C)c(N(C(=O)C(F)(F)F)C3CCOCC3)c2)C1([2H])[2H]. The van der Waals surface area contributed by atoms with Gasteiger partial charge in [-0.2, -0.15) is 13.2 Å². The molecule has 1 aromatic carbocycles. The maximum atomic E-state index is 13.9. The lowest BCUT2D eigenvalue weighted by Gasteiger charge is -2.38. The van der Waals surface area contributed by atoms with Crippen LogP contribution in [-0.4, -0.2) is 80.8 Å². The smallest absolute Gasteiger partial charge is 0.456 e. The number of nitrogens with zero attached hydrogens (tertiary/aromatic N) is 3. The van der Waals surface area contributed by atoms with Crippen LogP contribution in [-0.2, 0) is 14.3 Å². The molecule has 33 heavy (non-hydrogen) atoms. The highest BCUT2D eigenvalue weighted by Gasteiger charge is 2.46. The van der Waals surface area contributed by atoms with Gasteiger partial charge in [-0.05, 0) is 58.9 Å². The fourth-order valence-corrected chi connectivity index (χ4v) is 3.35. The van der Waals surface area contributed by atoms with Gasteiger partial charge < -0.3 is 24.2 Å². The first-order valence-corrected chi connectivity index (χ1v) is 10.3. The Morgan fingerprint density at radius 3 is 2.27 bits per heavy atom. The molecular weight excluding hydrogens is 439 g/mol. The molecule has 0 spiro atoms. The van der Waals surface area contributed by atoms with Crippen molar-refractivity contribution in [2.45, 2.75) is 51.4 Å². The van der Waals surface area contributed by atoms with Gasteiger partial charge in [0.25, 0.3) is 0 Å². The van der Waals surface area contributed by atoms with Gasteiger partial charge in [-0.25, -0.2) is 4.79 Å². The van der Waals surface area contributed by atoms with Gasteiger partial charge in [-0.3, -0.25) is 4.79 Å². The molecule has 0 bridgehead atoms. The average molecular weight is 480 g/mol. The number of anilines is 2. The predicted molar refractivity (Wildman–Crippen MR) is 119 cm³/mol. The first-order chi connectivity index (χ1) is 18.4. The maximum absolute atomic E-state index is 13.9. The third-order valence-corrected chi connectivity index (χ3v) is 4.79. The molecule has 3 rings (SSSR count). The van der Waals surface area contributed by atoms with Crippen molar-refractivity contribution in [2.75, 3.05) is 56.0 Å². The summed E-state index contributed by atoms with van der Waals surface area (Å²) in [5.41, 5.74) is -2.93. The molecule has 0 N–H and O–H groups in total. The summed E-state index contributed by atoms with van der Waals surface area (Å²) in [6.07, 6.45) is -5.52. The van der Waals surface area contributed by atoms with Crippen LogP contribution in [0.5, 0.6) is 0 Å². The molecule has 0 unspecified atom stereocenters. The van der Waals surface area contributed by atoms with E-state index in [4.69, 9.17) is 20.4 Å². The molecule has 1 amide bonds. The van der Waals surface area contributed by atoms with E-state index in [0.29, 0.717) is 4.90 Å². The number of halogens is 3. The molecule has 7 nitrogen and oxygen atoms in total. The van der Waals surface area contributed by atoms with E-state index in [1.54, 1.807) is 0 Å². The quantitative estimate of drug-likeness (QED) is 0.617. The number of hydrogen-bond acceptors (Lipinski definition) is 6. The molecule has 10 heteroatoms. The van der Waals surface area contributed by atoms with Crippen LogP contribution < -0.4 is 9.80 Å². The molecule has 2 fully saturated rings. The minimum atomic E-state index is -5.41. The number of esters is 1. The van der Waals surface area contributed by atoms with Crippen LogP contribution in [0.1, 0.15) is 54.9 Å². The summed E-state index contributed by atoms with van der Waals surface area (Å²) in [4.78, 5) is 26.7. The number of ether oxygens (including phenoxy) is 2. The van der Waals surface area contributed by atoms with Crippen LogP contribution >= 0.6 is 0 Å². The third kappa shape index (κ3) is 6.38. The molecule has 1 aromatic rings. The van der Waals surface area contributed by atoms with Crippen molar-refractivity contribution in [1.82, 2.24) is 4.90 Å². The zero-order valence-electron chi connectivity index (χ0n) is 26.7. The number of carbonyl (C=O) groups is 2. The fourth-order valence-electron chi connectivity index (χ4n) is 3.35. The number of carbonyl (C=O) groups excluding carboxylic acids is 2. The zero-order chi connectivity index (χ0) is 31.6. The minimum Gasteiger partial charge on any atom is -0.456 e. The van der Waals surface area contributed by atoms with Gasteiger partial charge in [0.1, 0.15) is 5.60 Å². The standard InChI is InChI=1S/C23H32F3N3O4/c1-22(2,3)33-20(30)18-6-5-17(28-11-9-27(4)10-12-28)15-19(18)29(21(31)23(24,25)26)16-7-13-32-14-8-16/h5-6,15-16H,7-14H2,1-4H3/i9D2,10D2,11D2,12D2. The fraction of sp³-hybridized carbons (Fsp3) is 0.652. The van der Waals surface area contributed by atoms with Gasteiger partial charge in [-0.1, -0.05) is 0 Å². The number of hydrogen-bond donors (Lipinski definition) is 0. The van der Waals surface area contributed by atoms with Gasteiger partial charge in [0.05, 0.1) is 16.7 Å². The van der Waals surface area contributed by atoms with E-state index in [1.165, 1.54) is 20.8 Å². The van der Waals surface area contributed by atoms with Crippen molar-refractivity contribution in [2.24, 2.45) is 0 Å². The Morgan fingerprint density at radius 1 is 1.12 bits per heavy atom. The highest BCUT2D eigenvalue weighted by Crippen LogP contribution is 2.35. The van der Waals surface area contributed by atoms with Crippen molar-refractivity contribution in [3.8, 4) is 0 Å². The van der Waals surface area contributed by atoms with Gasteiger partial charge in [0, 0.05) is 56.4 Å². The lowest BCUT2D eigenvalue weighted by molar-refractivity contribution is -0.171. The first-order valence-electron chi connectivity index (χ1n) is 14.3. The van der Waals surface area contributed by atoms with Gasteiger partial charge in [-0.15, -0.1) is 0 Å². The van der Waals surface area contributed by atoms with Gasteiger partial charge in [0.15, 0.2) is 0 Å². The van der Waals surface area contributed by atoms with Crippen LogP contribution in [0.2, 0.25) is 0 Å². The number of benzene rings is 1. The molecule has 2 aliphatic rings. The Hall–Kier alpha value is -2.33. The van der Waals surface area contributed by atoms with Crippen molar-refractivity contribution < 1.29 is 43.2 Å². The summed E-state index contributed by atoms with van der Waals surface area (Å²) in [6, 6.07) is 1.49. The van der Waals surface area contributed by atoms with Gasteiger partial charge in [0.2, 0.25) is 0 Å². The normalized spacial score (nSPS) is 28.5. The second kappa shape index (κ2) is 9.89. The van der Waals surface area contributed by atoms with E-state index in [9.17, 15) is 22.8 Å². The van der Waals surface area contributed by atoms with E-state index < -0.39 is 72.6 Å². The largest absolute Gasteiger partial charge is 0.471 e. The minimum absolute atomic E-state index is 0.00224. The van der Waals surface area contributed by atoms with Crippen LogP contribution in [0.15, 0.2) is 18.2 Å². The molecule has 0 radical (unpaired) electrons. The summed E-state index contributed by atoms with van der Waals surface area (Å²) in [7, 11) is 0.860. The van der Waals surface area contributed by atoms with E-state index >= 15 is 0 Å².